The van der Waals surface area contributed by atoms with E-state index in [1.165, 1.54) is 5.56 Å². The predicted octanol–water partition coefficient (Wildman–Crippen LogP) is 3.71. The smallest absolute Gasteiger partial charge is 0.232 e. The summed E-state index contributed by atoms with van der Waals surface area (Å²) in [6.07, 6.45) is 4.36. The van der Waals surface area contributed by atoms with Gasteiger partial charge < -0.3 is 4.90 Å². The van der Waals surface area contributed by atoms with E-state index in [1.54, 1.807) is 17.3 Å². The molecule has 4 heteroatoms. The van der Waals surface area contributed by atoms with Gasteiger partial charge in [0.2, 0.25) is 5.91 Å². The van der Waals surface area contributed by atoms with Crippen molar-refractivity contribution >= 4 is 17.5 Å². The van der Waals surface area contributed by atoms with E-state index in [-0.39, 0.29) is 5.91 Å². The molecule has 0 spiro atoms. The highest BCUT2D eigenvalue weighted by Crippen LogP contribution is 2.27. The Kier molecular flexibility index (Phi) is 5.19. The fourth-order valence-electron chi connectivity index (χ4n) is 2.43. The Morgan fingerprint density at radius 1 is 1.23 bits per heavy atom. The maximum Gasteiger partial charge on any atom is 0.232 e. The highest BCUT2D eigenvalue weighted by atomic mass is 35.5. The fraction of sp³-hybridized carbons (Fsp3) is 0.333. The van der Waals surface area contributed by atoms with E-state index in [9.17, 15) is 4.79 Å². The minimum atomic E-state index is -0.599. The number of nitrogens with zero attached hydrogens (tertiary/aromatic N) is 2. The SMILES string of the molecule is CN(CCc1ccncc1)C(=O)C(C)(C)c1cccc(Cl)c1. The van der Waals surface area contributed by atoms with E-state index >= 15 is 0 Å². The van der Waals surface area contributed by atoms with Crippen LogP contribution in [0.2, 0.25) is 5.02 Å². The number of amides is 1. The van der Waals surface area contributed by atoms with Crippen LogP contribution in [0.15, 0.2) is 48.8 Å². The van der Waals surface area contributed by atoms with Crippen LogP contribution in [0.4, 0.5) is 0 Å². The van der Waals surface area contributed by atoms with Crippen LogP contribution in [0.3, 0.4) is 0 Å². The third-order valence-electron chi connectivity index (χ3n) is 3.91. The molecule has 0 saturated heterocycles. The molecule has 0 unspecified atom stereocenters. The maximum atomic E-state index is 12.8. The molecule has 1 amide bonds. The Hall–Kier alpha value is -1.87. The molecule has 22 heavy (non-hydrogen) atoms. The summed E-state index contributed by atoms with van der Waals surface area (Å²) in [5.74, 6) is 0.0869. The van der Waals surface area contributed by atoms with Crippen molar-refractivity contribution in [3.63, 3.8) is 0 Å². The number of hydrogen-bond acceptors (Lipinski definition) is 2. The number of likely N-dealkylation sites (N-methyl/N-ethyl adjacent to an activating group) is 1. The van der Waals surface area contributed by atoms with Crippen LogP contribution in [0.5, 0.6) is 0 Å². The molecular formula is C18H21ClN2O. The first-order valence-electron chi connectivity index (χ1n) is 7.32. The van der Waals surface area contributed by atoms with Crippen LogP contribution in [-0.4, -0.2) is 29.4 Å². The minimum absolute atomic E-state index is 0.0869. The van der Waals surface area contributed by atoms with Gasteiger partial charge in [-0.15, -0.1) is 0 Å². The summed E-state index contributed by atoms with van der Waals surface area (Å²) < 4.78 is 0. The second-order valence-electron chi connectivity index (χ2n) is 5.97. The first-order chi connectivity index (χ1) is 10.4. The Balaban J connectivity index is 2.05. The number of aromatic nitrogens is 1. The highest BCUT2D eigenvalue weighted by Gasteiger charge is 2.32. The molecule has 1 heterocycles. The number of carbonyl (C=O) groups is 1. The Labute approximate surface area is 136 Å². The second kappa shape index (κ2) is 6.93. The van der Waals surface area contributed by atoms with E-state index < -0.39 is 5.41 Å². The van der Waals surface area contributed by atoms with Gasteiger partial charge >= 0.3 is 0 Å². The Morgan fingerprint density at radius 3 is 2.55 bits per heavy atom. The van der Waals surface area contributed by atoms with Crippen molar-refractivity contribution in [1.82, 2.24) is 9.88 Å². The number of hydrogen-bond donors (Lipinski definition) is 0. The van der Waals surface area contributed by atoms with Gasteiger partial charge in [-0.3, -0.25) is 9.78 Å². The van der Waals surface area contributed by atoms with Crippen molar-refractivity contribution < 1.29 is 4.79 Å². The fourth-order valence-corrected chi connectivity index (χ4v) is 2.62. The van der Waals surface area contributed by atoms with Gasteiger partial charge in [-0.1, -0.05) is 23.7 Å². The summed E-state index contributed by atoms with van der Waals surface area (Å²) in [6, 6.07) is 11.4. The summed E-state index contributed by atoms with van der Waals surface area (Å²) in [4.78, 5) is 18.5. The normalized spacial score (nSPS) is 11.3. The van der Waals surface area contributed by atoms with Crippen LogP contribution in [0, 0.1) is 0 Å². The Bertz CT molecular complexity index is 641. The maximum absolute atomic E-state index is 12.8. The first-order valence-corrected chi connectivity index (χ1v) is 7.69. The largest absolute Gasteiger partial charge is 0.345 e. The van der Waals surface area contributed by atoms with Gasteiger partial charge in [-0.05, 0) is 55.7 Å². The van der Waals surface area contributed by atoms with Gasteiger partial charge in [-0.25, -0.2) is 0 Å². The highest BCUT2D eigenvalue weighted by molar-refractivity contribution is 6.30. The van der Waals surface area contributed by atoms with Crippen molar-refractivity contribution in [2.24, 2.45) is 0 Å². The molecule has 2 aromatic rings. The van der Waals surface area contributed by atoms with Gasteiger partial charge in [0.05, 0.1) is 5.41 Å². The molecular weight excluding hydrogens is 296 g/mol. The zero-order valence-electron chi connectivity index (χ0n) is 13.2. The Morgan fingerprint density at radius 2 is 1.91 bits per heavy atom. The van der Waals surface area contributed by atoms with Crippen molar-refractivity contribution in [3.05, 3.63) is 64.9 Å². The summed E-state index contributed by atoms with van der Waals surface area (Å²) >= 11 is 6.05. The summed E-state index contributed by atoms with van der Waals surface area (Å²) in [5, 5.41) is 0.651. The quantitative estimate of drug-likeness (QED) is 0.842. The van der Waals surface area contributed by atoms with Crippen molar-refractivity contribution in [2.75, 3.05) is 13.6 Å². The molecule has 0 saturated carbocycles. The molecule has 0 bridgehead atoms. The summed E-state index contributed by atoms with van der Waals surface area (Å²) in [7, 11) is 1.84. The minimum Gasteiger partial charge on any atom is -0.345 e. The third-order valence-corrected chi connectivity index (χ3v) is 4.15. The molecule has 0 atom stereocenters. The zero-order chi connectivity index (χ0) is 16.2. The van der Waals surface area contributed by atoms with Crippen LogP contribution < -0.4 is 0 Å². The van der Waals surface area contributed by atoms with Gasteiger partial charge in [0.15, 0.2) is 0 Å². The standard InChI is InChI=1S/C18H21ClN2O/c1-18(2,15-5-4-6-16(19)13-15)17(22)21(3)12-9-14-7-10-20-11-8-14/h4-8,10-11,13H,9,12H2,1-3H3. The number of pyridine rings is 1. The monoisotopic (exact) mass is 316 g/mol. The van der Waals surface area contributed by atoms with E-state index in [0.29, 0.717) is 11.6 Å². The van der Waals surface area contributed by atoms with Crippen LogP contribution in [-0.2, 0) is 16.6 Å². The van der Waals surface area contributed by atoms with E-state index in [1.807, 2.05) is 57.3 Å². The number of benzene rings is 1. The summed E-state index contributed by atoms with van der Waals surface area (Å²) in [5.41, 5.74) is 1.51. The lowest BCUT2D eigenvalue weighted by atomic mass is 9.83. The second-order valence-corrected chi connectivity index (χ2v) is 6.40. The average Bonchev–Trinajstić information content (AvgIpc) is 2.52. The lowest BCUT2D eigenvalue weighted by molar-refractivity contribution is -0.134. The van der Waals surface area contributed by atoms with Crippen molar-refractivity contribution in [1.29, 1.82) is 0 Å². The van der Waals surface area contributed by atoms with Gasteiger partial charge in [0, 0.05) is 31.0 Å². The molecule has 116 valence electrons. The molecule has 1 aromatic heterocycles. The lowest BCUT2D eigenvalue weighted by Gasteiger charge is -2.30. The molecule has 3 nitrogen and oxygen atoms in total. The van der Waals surface area contributed by atoms with Crippen LogP contribution in [0.1, 0.15) is 25.0 Å². The number of halogens is 1. The molecule has 0 N–H and O–H groups in total. The van der Waals surface area contributed by atoms with Crippen LogP contribution in [0.25, 0.3) is 0 Å². The van der Waals surface area contributed by atoms with Crippen LogP contribution >= 0.6 is 11.6 Å². The number of carbonyl (C=O) groups excluding carboxylic acids is 1. The third kappa shape index (κ3) is 3.86. The molecule has 0 aliphatic heterocycles. The average molecular weight is 317 g/mol. The first kappa shape index (κ1) is 16.5. The molecule has 0 radical (unpaired) electrons. The van der Waals surface area contributed by atoms with Crippen molar-refractivity contribution in [3.8, 4) is 0 Å². The van der Waals surface area contributed by atoms with Gasteiger partial charge in [0.1, 0.15) is 0 Å². The molecule has 0 fully saturated rings. The number of rotatable bonds is 5. The van der Waals surface area contributed by atoms with E-state index in [2.05, 4.69) is 4.98 Å². The van der Waals surface area contributed by atoms with E-state index in [4.69, 9.17) is 11.6 Å². The molecule has 0 aliphatic carbocycles. The summed E-state index contributed by atoms with van der Waals surface area (Å²) in [6.45, 7) is 4.54. The zero-order valence-corrected chi connectivity index (χ0v) is 14.0. The van der Waals surface area contributed by atoms with Gasteiger partial charge in [-0.2, -0.15) is 0 Å². The molecule has 0 aliphatic rings. The van der Waals surface area contributed by atoms with Crippen molar-refractivity contribution in [2.45, 2.75) is 25.7 Å². The van der Waals surface area contributed by atoms with E-state index in [0.717, 1.165) is 12.0 Å². The molecule has 1 aromatic carbocycles. The predicted molar refractivity (Wildman–Crippen MR) is 90.1 cm³/mol. The topological polar surface area (TPSA) is 33.2 Å². The lowest BCUT2D eigenvalue weighted by Crippen LogP contribution is -2.42. The van der Waals surface area contributed by atoms with Gasteiger partial charge in [0.25, 0.3) is 0 Å². The molecule has 2 rings (SSSR count).